The van der Waals surface area contributed by atoms with E-state index in [0.717, 1.165) is 34.4 Å². The van der Waals surface area contributed by atoms with Crippen LogP contribution in [0.15, 0.2) is 64.9 Å². The van der Waals surface area contributed by atoms with E-state index in [4.69, 9.17) is 0 Å². The second-order valence-electron chi connectivity index (χ2n) is 8.26. The molecule has 0 atom stereocenters. The maximum atomic E-state index is 12.3. The van der Waals surface area contributed by atoms with Crippen LogP contribution < -0.4 is 5.43 Å². The molecule has 1 N–H and O–H groups in total. The fourth-order valence-electron chi connectivity index (χ4n) is 3.07. The largest absolute Gasteiger partial charge is 0.302 e. The molecule has 6 nitrogen and oxygen atoms in total. The Morgan fingerprint density at radius 2 is 1.74 bits per heavy atom. The van der Waals surface area contributed by atoms with Gasteiger partial charge in [-0.2, -0.15) is 5.10 Å². The Morgan fingerprint density at radius 3 is 2.35 bits per heavy atom. The Labute approximate surface area is 188 Å². The lowest BCUT2D eigenvalue weighted by molar-refractivity contribution is -0.118. The Kier molecular flexibility index (Phi) is 7.28. The van der Waals surface area contributed by atoms with Gasteiger partial charge in [0.05, 0.1) is 11.5 Å². The van der Waals surface area contributed by atoms with Gasteiger partial charge in [0.15, 0.2) is 11.0 Å². The normalized spacial score (nSPS) is 12.1. The predicted molar refractivity (Wildman–Crippen MR) is 127 cm³/mol. The minimum absolute atomic E-state index is 0.104. The third-order valence-corrected chi connectivity index (χ3v) is 5.88. The highest BCUT2D eigenvalue weighted by Gasteiger charge is 2.17. The smallest absolute Gasteiger partial charge is 0.250 e. The predicted octanol–water partition coefficient (Wildman–Crippen LogP) is 4.90. The van der Waals surface area contributed by atoms with Crippen LogP contribution in [0.1, 0.15) is 45.7 Å². The van der Waals surface area contributed by atoms with Crippen LogP contribution in [-0.2, 0) is 16.8 Å². The summed E-state index contributed by atoms with van der Waals surface area (Å²) in [6.07, 6.45) is 0. The van der Waals surface area contributed by atoms with Crippen molar-refractivity contribution in [2.45, 2.75) is 51.7 Å². The van der Waals surface area contributed by atoms with Crippen molar-refractivity contribution in [1.29, 1.82) is 0 Å². The summed E-state index contributed by atoms with van der Waals surface area (Å²) in [7, 11) is 0. The van der Waals surface area contributed by atoms with E-state index in [1.54, 1.807) is 0 Å². The van der Waals surface area contributed by atoms with Crippen LogP contribution in [0.3, 0.4) is 0 Å². The molecule has 0 saturated carbocycles. The van der Waals surface area contributed by atoms with Gasteiger partial charge >= 0.3 is 0 Å². The van der Waals surface area contributed by atoms with Gasteiger partial charge in [-0.1, -0.05) is 87.1 Å². The van der Waals surface area contributed by atoms with Crippen molar-refractivity contribution in [3.8, 4) is 11.4 Å². The van der Waals surface area contributed by atoms with Crippen LogP contribution in [0.2, 0.25) is 0 Å². The Bertz CT molecular complexity index is 1050. The van der Waals surface area contributed by atoms with E-state index in [2.05, 4.69) is 65.8 Å². The molecule has 0 aliphatic rings. The molecular weight excluding hydrogens is 406 g/mol. The van der Waals surface area contributed by atoms with Gasteiger partial charge in [-0.3, -0.25) is 4.79 Å². The summed E-state index contributed by atoms with van der Waals surface area (Å²) in [5.41, 5.74) is 6.75. The van der Waals surface area contributed by atoms with Gasteiger partial charge < -0.3 is 4.57 Å². The lowest BCUT2D eigenvalue weighted by Gasteiger charge is -2.19. The van der Waals surface area contributed by atoms with E-state index < -0.39 is 0 Å². The van der Waals surface area contributed by atoms with E-state index in [1.807, 2.05) is 48.7 Å². The SMILES string of the molecule is CCn1c(SCC(=O)N/N=C(\C)c2ccccc2)nnc1-c1ccc(C(C)(C)C)cc1. The third kappa shape index (κ3) is 5.82. The lowest BCUT2D eigenvalue weighted by Crippen LogP contribution is -2.21. The molecule has 2 aromatic carbocycles. The number of carbonyl (C=O) groups is 1. The average molecular weight is 436 g/mol. The van der Waals surface area contributed by atoms with Gasteiger partial charge in [-0.15, -0.1) is 10.2 Å². The minimum atomic E-state index is -0.179. The van der Waals surface area contributed by atoms with Crippen LogP contribution in [-0.4, -0.2) is 32.1 Å². The molecule has 162 valence electrons. The Balaban J connectivity index is 1.65. The van der Waals surface area contributed by atoms with Gasteiger partial charge in [-0.05, 0) is 30.4 Å². The molecule has 3 aromatic rings. The van der Waals surface area contributed by atoms with E-state index >= 15 is 0 Å². The molecule has 0 aliphatic heterocycles. The quantitative estimate of drug-likeness (QED) is 0.326. The molecule has 0 fully saturated rings. The first-order chi connectivity index (χ1) is 14.8. The van der Waals surface area contributed by atoms with Crippen LogP contribution in [0, 0.1) is 0 Å². The zero-order chi connectivity index (χ0) is 22.4. The zero-order valence-corrected chi connectivity index (χ0v) is 19.5. The van der Waals surface area contributed by atoms with Crippen molar-refractivity contribution in [3.63, 3.8) is 0 Å². The highest BCUT2D eigenvalue weighted by atomic mass is 32.2. The van der Waals surface area contributed by atoms with Gasteiger partial charge in [0.25, 0.3) is 5.91 Å². The van der Waals surface area contributed by atoms with Crippen molar-refractivity contribution in [2.24, 2.45) is 5.10 Å². The molecule has 0 saturated heterocycles. The molecule has 1 heterocycles. The highest BCUT2D eigenvalue weighted by Crippen LogP contribution is 2.27. The second kappa shape index (κ2) is 9.92. The number of amides is 1. The van der Waals surface area contributed by atoms with E-state index in [9.17, 15) is 4.79 Å². The van der Waals surface area contributed by atoms with Gasteiger partial charge in [0, 0.05) is 12.1 Å². The number of hydrazone groups is 1. The molecular formula is C24H29N5OS. The molecule has 31 heavy (non-hydrogen) atoms. The maximum absolute atomic E-state index is 12.3. The molecule has 7 heteroatoms. The topological polar surface area (TPSA) is 72.2 Å². The van der Waals surface area contributed by atoms with Crippen molar-refractivity contribution in [3.05, 3.63) is 65.7 Å². The number of rotatable bonds is 7. The van der Waals surface area contributed by atoms with Crippen molar-refractivity contribution >= 4 is 23.4 Å². The number of hydrogen-bond acceptors (Lipinski definition) is 5. The molecule has 0 unspecified atom stereocenters. The van der Waals surface area contributed by atoms with Gasteiger partial charge in [0.2, 0.25) is 0 Å². The summed E-state index contributed by atoms with van der Waals surface area (Å²) in [5, 5.41) is 13.6. The third-order valence-electron chi connectivity index (χ3n) is 4.91. The second-order valence-corrected chi connectivity index (χ2v) is 9.21. The maximum Gasteiger partial charge on any atom is 0.250 e. The van der Waals surface area contributed by atoms with Crippen molar-refractivity contribution in [2.75, 3.05) is 5.75 Å². The summed E-state index contributed by atoms with van der Waals surface area (Å²) < 4.78 is 2.03. The fraction of sp³-hybridized carbons (Fsp3) is 0.333. The van der Waals surface area contributed by atoms with Crippen LogP contribution in [0.25, 0.3) is 11.4 Å². The number of nitrogens with one attached hydrogen (secondary N) is 1. The van der Waals surface area contributed by atoms with Crippen molar-refractivity contribution in [1.82, 2.24) is 20.2 Å². The number of benzene rings is 2. The molecule has 0 radical (unpaired) electrons. The summed E-state index contributed by atoms with van der Waals surface area (Å²) in [6.45, 7) is 11.2. The van der Waals surface area contributed by atoms with E-state index in [0.29, 0.717) is 0 Å². The first kappa shape index (κ1) is 22.7. The number of hydrogen-bond donors (Lipinski definition) is 1. The fourth-order valence-corrected chi connectivity index (χ4v) is 3.86. The molecule has 0 spiro atoms. The van der Waals surface area contributed by atoms with Crippen LogP contribution >= 0.6 is 11.8 Å². The van der Waals surface area contributed by atoms with E-state index in [-0.39, 0.29) is 17.1 Å². The molecule has 3 rings (SSSR count). The van der Waals surface area contributed by atoms with Gasteiger partial charge in [-0.25, -0.2) is 5.43 Å². The average Bonchev–Trinajstić information content (AvgIpc) is 3.19. The summed E-state index contributed by atoms with van der Waals surface area (Å²) in [4.78, 5) is 12.3. The van der Waals surface area contributed by atoms with Crippen molar-refractivity contribution < 1.29 is 4.79 Å². The first-order valence-corrected chi connectivity index (χ1v) is 11.3. The molecule has 1 amide bonds. The summed E-state index contributed by atoms with van der Waals surface area (Å²) in [6, 6.07) is 18.2. The van der Waals surface area contributed by atoms with Gasteiger partial charge in [0.1, 0.15) is 0 Å². The standard InChI is InChI=1S/C24H29N5OS/c1-6-29-22(19-12-14-20(15-13-19)24(3,4)5)27-28-23(29)31-16-21(30)26-25-17(2)18-10-8-7-9-11-18/h7-15H,6,16H2,1-5H3,(H,26,30)/b25-17+. The molecule has 0 aliphatic carbocycles. The van der Waals surface area contributed by atoms with E-state index in [1.165, 1.54) is 17.3 Å². The first-order valence-electron chi connectivity index (χ1n) is 10.3. The van der Waals surface area contributed by atoms with Crippen LogP contribution in [0.4, 0.5) is 0 Å². The summed E-state index contributed by atoms with van der Waals surface area (Å²) >= 11 is 1.36. The Morgan fingerprint density at radius 1 is 1.06 bits per heavy atom. The Hall–Kier alpha value is -2.93. The molecule has 0 bridgehead atoms. The van der Waals surface area contributed by atoms with Crippen LogP contribution in [0.5, 0.6) is 0 Å². The number of carbonyl (C=O) groups excluding carboxylic acids is 1. The number of nitrogens with zero attached hydrogens (tertiary/aromatic N) is 4. The number of thioether (sulfide) groups is 1. The highest BCUT2D eigenvalue weighted by molar-refractivity contribution is 7.99. The zero-order valence-electron chi connectivity index (χ0n) is 18.7. The monoisotopic (exact) mass is 435 g/mol. The molecule has 1 aromatic heterocycles. The number of aromatic nitrogens is 3. The minimum Gasteiger partial charge on any atom is -0.302 e. The summed E-state index contributed by atoms with van der Waals surface area (Å²) in [5.74, 6) is 0.845. The lowest BCUT2D eigenvalue weighted by atomic mass is 9.87.